The zero-order valence-corrected chi connectivity index (χ0v) is 20.2. The highest BCUT2D eigenvalue weighted by Gasteiger charge is 2.47. The minimum Gasteiger partial charge on any atom is -0.390 e. The first-order valence-electron chi connectivity index (χ1n) is 10.2. The molecule has 17 nitrogen and oxygen atoms in total. The Labute approximate surface area is 197 Å². The van der Waals surface area contributed by atoms with Crippen LogP contribution in [0.5, 0.6) is 0 Å². The van der Waals surface area contributed by atoms with Crippen molar-refractivity contribution < 1.29 is 57.1 Å². The van der Waals surface area contributed by atoms with Crippen LogP contribution in [0.25, 0.3) is 0 Å². The lowest BCUT2D eigenvalue weighted by Crippen LogP contribution is -2.60. The van der Waals surface area contributed by atoms with Gasteiger partial charge < -0.3 is 40.3 Å². The van der Waals surface area contributed by atoms with Crippen LogP contribution in [0.2, 0.25) is 0 Å². The number of H-pyrrole nitrogens is 1. The Kier molecular flexibility index (Phi) is 8.56. The van der Waals surface area contributed by atoms with E-state index < -0.39 is 82.6 Å². The third-order valence-electron chi connectivity index (χ3n) is 5.42. The molecule has 2 aliphatic heterocycles. The summed E-state index contributed by atoms with van der Waals surface area (Å²) in [7, 11) is -10.7. The maximum absolute atomic E-state index is 12.2. The van der Waals surface area contributed by atoms with E-state index in [-0.39, 0.29) is 12.0 Å². The molecule has 8 N–H and O–H groups in total. The number of aliphatic hydroxyl groups is 3. The van der Waals surface area contributed by atoms with E-state index in [0.717, 1.165) is 4.57 Å². The van der Waals surface area contributed by atoms with Crippen LogP contribution < -0.4 is 17.0 Å². The summed E-state index contributed by atoms with van der Waals surface area (Å²) >= 11 is 0. The van der Waals surface area contributed by atoms with Crippen molar-refractivity contribution >= 4 is 15.6 Å². The van der Waals surface area contributed by atoms with Crippen molar-refractivity contribution in [3.8, 4) is 0 Å². The number of ether oxygens (including phenoxy) is 2. The number of aryl methyl sites for hydroxylation is 1. The molecule has 0 spiro atoms. The van der Waals surface area contributed by atoms with Gasteiger partial charge in [0, 0.05) is 18.2 Å². The first-order chi connectivity index (χ1) is 16.1. The summed E-state index contributed by atoms with van der Waals surface area (Å²) in [6, 6.07) is -1.03. The summed E-state index contributed by atoms with van der Waals surface area (Å²) in [5.41, 5.74) is 4.39. The molecule has 0 saturated carbocycles. The van der Waals surface area contributed by atoms with Gasteiger partial charge in [0.25, 0.3) is 5.56 Å². The van der Waals surface area contributed by atoms with Crippen molar-refractivity contribution in [1.82, 2.24) is 9.55 Å². The Hall–Kier alpha value is -1.30. The number of phosphoric ester groups is 2. The van der Waals surface area contributed by atoms with Gasteiger partial charge in [0.1, 0.15) is 24.5 Å². The van der Waals surface area contributed by atoms with Crippen LogP contribution in [-0.2, 0) is 32.0 Å². The first kappa shape index (κ1) is 28.3. The van der Waals surface area contributed by atoms with Crippen molar-refractivity contribution in [3.63, 3.8) is 0 Å². The van der Waals surface area contributed by atoms with E-state index in [0.29, 0.717) is 0 Å². The first-order valence-corrected chi connectivity index (χ1v) is 13.2. The number of hydrogen-bond donors (Lipinski definition) is 7. The molecule has 1 aromatic rings. The number of aromatic nitrogens is 2. The number of phosphoric acid groups is 2. The lowest BCUT2D eigenvalue weighted by atomic mass is 9.98. The SMILES string of the molecule is Cc1cn(C2C[C@H](O)[C@@H](COP(=O)(O)OP(=O)(O)OC3O[C@H](C)C(N)[C@H](O)[C@H]3O)O2)c(=O)[nH]c1=O. The molecule has 5 unspecified atom stereocenters. The van der Waals surface area contributed by atoms with Crippen LogP contribution in [-0.4, -0.2) is 84.1 Å². The number of nitrogens with two attached hydrogens (primary N) is 1. The highest BCUT2D eigenvalue weighted by atomic mass is 31.3. The molecule has 0 radical (unpaired) electrons. The van der Waals surface area contributed by atoms with E-state index in [1.165, 1.54) is 20.0 Å². The second-order valence-corrected chi connectivity index (χ2v) is 11.1. The number of aliphatic hydroxyl groups excluding tert-OH is 3. The normalized spacial score (nSPS) is 37.0. The van der Waals surface area contributed by atoms with Crippen LogP contribution >= 0.6 is 15.6 Å². The van der Waals surface area contributed by atoms with E-state index >= 15 is 0 Å². The van der Waals surface area contributed by atoms with Crippen molar-refractivity contribution in [1.29, 1.82) is 0 Å². The highest BCUT2D eigenvalue weighted by Crippen LogP contribution is 2.61. The molecular formula is C16H27N3O14P2. The summed E-state index contributed by atoms with van der Waals surface area (Å²) in [6.07, 6.45) is -8.81. The van der Waals surface area contributed by atoms with Gasteiger partial charge in [-0.25, -0.2) is 13.9 Å². The van der Waals surface area contributed by atoms with Crippen LogP contribution in [0, 0.1) is 6.92 Å². The Morgan fingerprint density at radius 2 is 1.83 bits per heavy atom. The molecule has 0 aliphatic carbocycles. The fourth-order valence-electron chi connectivity index (χ4n) is 3.44. The van der Waals surface area contributed by atoms with Crippen LogP contribution in [0.3, 0.4) is 0 Å². The zero-order chi connectivity index (χ0) is 26.3. The third kappa shape index (κ3) is 6.72. The van der Waals surface area contributed by atoms with Gasteiger partial charge in [-0.05, 0) is 13.8 Å². The minimum atomic E-state index is -5.40. The number of hydrogen-bond acceptors (Lipinski definition) is 13. The Morgan fingerprint density at radius 3 is 2.49 bits per heavy atom. The van der Waals surface area contributed by atoms with Crippen LogP contribution in [0.4, 0.5) is 0 Å². The summed E-state index contributed by atoms with van der Waals surface area (Å²) in [5.74, 6) is 0. The maximum atomic E-state index is 12.2. The van der Waals surface area contributed by atoms with E-state index in [2.05, 4.69) is 18.3 Å². The monoisotopic (exact) mass is 547 g/mol. The molecule has 0 bridgehead atoms. The summed E-state index contributed by atoms with van der Waals surface area (Å²) < 4.78 is 49.3. The van der Waals surface area contributed by atoms with Gasteiger partial charge >= 0.3 is 21.3 Å². The fourth-order valence-corrected chi connectivity index (χ4v) is 5.60. The molecule has 200 valence electrons. The Morgan fingerprint density at radius 1 is 1.17 bits per heavy atom. The van der Waals surface area contributed by atoms with Crippen LogP contribution in [0.15, 0.2) is 15.8 Å². The second-order valence-electron chi connectivity index (χ2n) is 8.10. The molecule has 1 aromatic heterocycles. The van der Waals surface area contributed by atoms with Crippen molar-refractivity contribution in [2.24, 2.45) is 5.73 Å². The second kappa shape index (κ2) is 10.6. The average Bonchev–Trinajstić information content (AvgIpc) is 3.11. The number of nitrogens with one attached hydrogen (secondary N) is 1. The topological polar surface area (TPSA) is 262 Å². The minimum absolute atomic E-state index is 0.142. The van der Waals surface area contributed by atoms with Gasteiger partial charge in [-0.15, -0.1) is 0 Å². The summed E-state index contributed by atoms with van der Waals surface area (Å²) in [5, 5.41) is 29.9. The Bertz CT molecular complexity index is 1130. The summed E-state index contributed by atoms with van der Waals surface area (Å²) in [6.45, 7) is 2.03. The van der Waals surface area contributed by atoms with Gasteiger partial charge in [-0.2, -0.15) is 4.31 Å². The predicted molar refractivity (Wildman–Crippen MR) is 113 cm³/mol. The largest absolute Gasteiger partial charge is 0.483 e. The quantitative estimate of drug-likeness (QED) is 0.166. The molecule has 0 aromatic carbocycles. The van der Waals surface area contributed by atoms with E-state index in [4.69, 9.17) is 15.2 Å². The fraction of sp³-hybridized carbons (Fsp3) is 0.750. The molecule has 3 rings (SSSR count). The van der Waals surface area contributed by atoms with Crippen molar-refractivity contribution in [2.75, 3.05) is 6.61 Å². The number of nitrogens with zero attached hydrogens (tertiary/aromatic N) is 1. The van der Waals surface area contributed by atoms with Gasteiger partial charge in [0.15, 0.2) is 6.29 Å². The van der Waals surface area contributed by atoms with E-state index in [1.54, 1.807) is 0 Å². The molecule has 10 atom stereocenters. The number of aromatic amines is 1. The average molecular weight is 547 g/mol. The standard InChI is InChI=1S/C16H27N3O14P2/c1-6-4-19(16(24)18-14(6)23)10-3-8(20)9(31-10)5-29-34(25,26)33-35(27,28)32-15-13(22)12(21)11(17)7(2)30-15/h4,7-13,15,20-22H,3,5,17H2,1-2H3,(H,25,26)(H,27,28)(H,18,23,24)/t7-,8+,9-,10?,11?,12+,13-,15?/m1/s1. The maximum Gasteiger partial charge on any atom is 0.483 e. The molecule has 0 amide bonds. The molecule has 19 heteroatoms. The van der Waals surface area contributed by atoms with Gasteiger partial charge in [0.2, 0.25) is 0 Å². The highest BCUT2D eigenvalue weighted by molar-refractivity contribution is 7.61. The van der Waals surface area contributed by atoms with E-state index in [9.17, 15) is 43.8 Å². The van der Waals surface area contributed by atoms with Gasteiger partial charge in [-0.3, -0.25) is 23.4 Å². The van der Waals surface area contributed by atoms with Crippen LogP contribution in [0.1, 0.15) is 25.1 Å². The van der Waals surface area contributed by atoms with Gasteiger partial charge in [0.05, 0.1) is 24.9 Å². The molecule has 3 heterocycles. The van der Waals surface area contributed by atoms with Crippen molar-refractivity contribution in [3.05, 3.63) is 32.6 Å². The summed E-state index contributed by atoms with van der Waals surface area (Å²) in [4.78, 5) is 45.2. The molecule has 2 saturated heterocycles. The smallest absolute Gasteiger partial charge is 0.390 e. The lowest BCUT2D eigenvalue weighted by Gasteiger charge is -2.39. The Balaban J connectivity index is 1.59. The molecule has 2 fully saturated rings. The van der Waals surface area contributed by atoms with Gasteiger partial charge in [-0.1, -0.05) is 0 Å². The number of rotatable bonds is 8. The predicted octanol–water partition coefficient (Wildman–Crippen LogP) is -2.46. The molecule has 35 heavy (non-hydrogen) atoms. The van der Waals surface area contributed by atoms with Crippen molar-refractivity contribution in [2.45, 2.75) is 69.3 Å². The zero-order valence-electron chi connectivity index (χ0n) is 18.4. The molecule has 2 aliphatic rings. The lowest BCUT2D eigenvalue weighted by molar-refractivity contribution is -0.242. The molecular weight excluding hydrogens is 520 g/mol. The van der Waals surface area contributed by atoms with E-state index in [1.807, 2.05) is 0 Å². The third-order valence-corrected chi connectivity index (χ3v) is 8.02.